The van der Waals surface area contributed by atoms with Gasteiger partial charge in [0.1, 0.15) is 5.54 Å². The van der Waals surface area contributed by atoms with E-state index in [1.54, 1.807) is 13.8 Å². The summed E-state index contributed by atoms with van der Waals surface area (Å²) in [6.45, 7) is 4.04. The minimum absolute atomic E-state index is 0.409. The Labute approximate surface area is 96.5 Å². The molecule has 0 spiro atoms. The summed E-state index contributed by atoms with van der Waals surface area (Å²) in [4.78, 5) is 15.3. The van der Waals surface area contributed by atoms with Gasteiger partial charge in [0.2, 0.25) is 0 Å². The fourth-order valence-corrected chi connectivity index (χ4v) is 1.08. The topological polar surface area (TPSA) is 90.7 Å². The van der Waals surface area contributed by atoms with Crippen molar-refractivity contribution in [3.05, 3.63) is 12.2 Å². The molecule has 0 radical (unpaired) electrons. The molecule has 5 nitrogen and oxygen atoms in total. The van der Waals surface area contributed by atoms with E-state index >= 15 is 0 Å². The monoisotopic (exact) mass is 227 g/mol. The minimum Gasteiger partial charge on any atom is -0.468 e. The number of esters is 1. The Bertz CT molecular complexity index is 279. The number of aliphatic imine (C=N–C) groups is 1. The summed E-state index contributed by atoms with van der Waals surface area (Å²) < 4.78 is 4.59. The van der Waals surface area contributed by atoms with Gasteiger partial charge in [-0.3, -0.25) is 9.79 Å². The van der Waals surface area contributed by atoms with Crippen molar-refractivity contribution in [1.29, 1.82) is 0 Å². The largest absolute Gasteiger partial charge is 0.468 e. The van der Waals surface area contributed by atoms with E-state index in [2.05, 4.69) is 9.73 Å². The third-order valence-corrected chi connectivity index (χ3v) is 2.02. The van der Waals surface area contributed by atoms with Crippen LogP contribution in [0, 0.1) is 0 Å². The van der Waals surface area contributed by atoms with Crippen LogP contribution in [0.5, 0.6) is 0 Å². The van der Waals surface area contributed by atoms with Gasteiger partial charge >= 0.3 is 5.97 Å². The first-order valence-corrected chi connectivity index (χ1v) is 5.19. The van der Waals surface area contributed by atoms with Crippen LogP contribution in [0.4, 0.5) is 0 Å². The highest BCUT2D eigenvalue weighted by molar-refractivity contribution is 5.80. The fraction of sp³-hybridized carbons (Fsp3) is 0.636. The van der Waals surface area contributed by atoms with E-state index in [1.165, 1.54) is 7.11 Å². The predicted octanol–water partition coefficient (Wildman–Crippen LogP) is 0.590. The van der Waals surface area contributed by atoms with Gasteiger partial charge in [-0.05, 0) is 26.7 Å². The first-order chi connectivity index (χ1) is 7.40. The summed E-state index contributed by atoms with van der Waals surface area (Å²) in [5.74, 6) is 0.166. The molecule has 92 valence electrons. The van der Waals surface area contributed by atoms with Crippen LogP contribution < -0.4 is 11.5 Å². The minimum atomic E-state index is -0.960. The average Bonchev–Trinajstić information content (AvgIpc) is 2.21. The average molecular weight is 227 g/mol. The van der Waals surface area contributed by atoms with Gasteiger partial charge in [0.25, 0.3) is 0 Å². The lowest BCUT2D eigenvalue weighted by Gasteiger charge is -2.18. The Morgan fingerprint density at radius 3 is 2.62 bits per heavy atom. The maximum Gasteiger partial charge on any atom is 0.325 e. The molecule has 4 N–H and O–H groups in total. The van der Waals surface area contributed by atoms with Crippen molar-refractivity contribution in [2.75, 3.05) is 13.7 Å². The molecule has 0 aromatic carbocycles. The van der Waals surface area contributed by atoms with Gasteiger partial charge < -0.3 is 16.2 Å². The Kier molecular flexibility index (Phi) is 6.41. The summed E-state index contributed by atoms with van der Waals surface area (Å²) >= 11 is 0. The molecule has 16 heavy (non-hydrogen) atoms. The summed E-state index contributed by atoms with van der Waals surface area (Å²) in [6, 6.07) is 0. The van der Waals surface area contributed by atoms with Crippen LogP contribution in [-0.2, 0) is 9.53 Å². The van der Waals surface area contributed by atoms with Crippen molar-refractivity contribution in [2.24, 2.45) is 16.5 Å². The predicted molar refractivity (Wildman–Crippen MR) is 65.1 cm³/mol. The number of hydrogen-bond donors (Lipinski definition) is 2. The van der Waals surface area contributed by atoms with Crippen LogP contribution in [0.3, 0.4) is 0 Å². The van der Waals surface area contributed by atoms with Crippen molar-refractivity contribution in [1.82, 2.24) is 0 Å². The first kappa shape index (κ1) is 14.6. The van der Waals surface area contributed by atoms with Gasteiger partial charge in [-0.1, -0.05) is 12.2 Å². The zero-order valence-corrected chi connectivity index (χ0v) is 10.2. The third-order valence-electron chi connectivity index (χ3n) is 2.02. The molecule has 1 unspecified atom stereocenters. The molecule has 0 bridgehead atoms. The number of hydrogen-bond acceptors (Lipinski definition) is 4. The van der Waals surface area contributed by atoms with Crippen molar-refractivity contribution in [2.45, 2.75) is 32.2 Å². The normalized spacial score (nSPS) is 16.1. The van der Waals surface area contributed by atoms with Crippen LogP contribution in [0.2, 0.25) is 0 Å². The van der Waals surface area contributed by atoms with E-state index in [0.29, 0.717) is 18.8 Å². The van der Waals surface area contributed by atoms with Crippen molar-refractivity contribution in [3.8, 4) is 0 Å². The summed E-state index contributed by atoms with van der Waals surface area (Å²) in [5, 5.41) is 0. The van der Waals surface area contributed by atoms with Gasteiger partial charge in [0.15, 0.2) is 0 Å². The van der Waals surface area contributed by atoms with Gasteiger partial charge in [-0.25, -0.2) is 0 Å². The number of amidine groups is 1. The standard InChI is InChI=1S/C11H21N3O2/c1-9(12)14-8-6-4-5-7-11(2,13)10(15)16-3/h4-5H,6-8,13H2,1-3H3,(H2,12,14)/b5-4+. The number of rotatable bonds is 6. The van der Waals surface area contributed by atoms with E-state index in [4.69, 9.17) is 11.5 Å². The summed E-state index contributed by atoms with van der Waals surface area (Å²) in [7, 11) is 1.33. The number of nitrogens with two attached hydrogens (primary N) is 2. The third kappa shape index (κ3) is 6.19. The maximum absolute atomic E-state index is 11.2. The second kappa shape index (κ2) is 7.00. The molecule has 1 atom stereocenters. The lowest BCUT2D eigenvalue weighted by molar-refractivity contribution is -0.146. The Morgan fingerprint density at radius 1 is 1.50 bits per heavy atom. The molecular weight excluding hydrogens is 206 g/mol. The van der Waals surface area contributed by atoms with Crippen molar-refractivity contribution in [3.63, 3.8) is 0 Å². The van der Waals surface area contributed by atoms with Crippen LogP contribution >= 0.6 is 0 Å². The highest BCUT2D eigenvalue weighted by atomic mass is 16.5. The second-order valence-corrected chi connectivity index (χ2v) is 3.90. The summed E-state index contributed by atoms with van der Waals surface area (Å²) in [5.41, 5.74) is 10.2. The van der Waals surface area contributed by atoms with E-state index in [1.807, 2.05) is 12.2 Å². The molecular formula is C11H21N3O2. The molecule has 0 saturated heterocycles. The smallest absolute Gasteiger partial charge is 0.325 e. The van der Waals surface area contributed by atoms with E-state index in [0.717, 1.165) is 6.42 Å². The van der Waals surface area contributed by atoms with Crippen LogP contribution in [0.25, 0.3) is 0 Å². The van der Waals surface area contributed by atoms with E-state index in [9.17, 15) is 4.79 Å². The molecule has 0 aliphatic heterocycles. The second-order valence-electron chi connectivity index (χ2n) is 3.90. The number of nitrogens with zero attached hydrogens (tertiary/aromatic N) is 1. The maximum atomic E-state index is 11.2. The molecule has 5 heteroatoms. The molecule has 0 aliphatic rings. The highest BCUT2D eigenvalue weighted by Crippen LogP contribution is 2.08. The SMILES string of the molecule is COC(=O)C(C)(N)C/C=C/CCN=C(C)N. The Hall–Kier alpha value is -1.36. The Morgan fingerprint density at radius 2 is 2.12 bits per heavy atom. The fourth-order valence-electron chi connectivity index (χ4n) is 1.08. The van der Waals surface area contributed by atoms with Crippen LogP contribution in [0.15, 0.2) is 17.1 Å². The van der Waals surface area contributed by atoms with Crippen molar-refractivity contribution < 1.29 is 9.53 Å². The van der Waals surface area contributed by atoms with Crippen LogP contribution in [-0.4, -0.2) is 31.0 Å². The Balaban J connectivity index is 3.91. The van der Waals surface area contributed by atoms with Crippen LogP contribution in [0.1, 0.15) is 26.7 Å². The molecule has 0 aliphatic carbocycles. The zero-order valence-electron chi connectivity index (χ0n) is 10.2. The highest BCUT2D eigenvalue weighted by Gasteiger charge is 2.27. The quantitative estimate of drug-likeness (QED) is 0.228. The zero-order chi connectivity index (χ0) is 12.6. The number of carbonyl (C=O) groups excluding carboxylic acids is 1. The first-order valence-electron chi connectivity index (χ1n) is 5.19. The van der Waals surface area contributed by atoms with Gasteiger partial charge in [0.05, 0.1) is 12.9 Å². The van der Waals surface area contributed by atoms with Gasteiger partial charge in [-0.2, -0.15) is 0 Å². The molecule has 0 saturated carbocycles. The number of methoxy groups -OCH3 is 1. The molecule has 0 fully saturated rings. The lowest BCUT2D eigenvalue weighted by atomic mass is 9.99. The molecule has 0 aromatic heterocycles. The van der Waals surface area contributed by atoms with Gasteiger partial charge in [0, 0.05) is 6.54 Å². The van der Waals surface area contributed by atoms with Gasteiger partial charge in [-0.15, -0.1) is 0 Å². The lowest BCUT2D eigenvalue weighted by Crippen LogP contribution is -2.45. The number of ether oxygens (including phenoxy) is 1. The molecule has 0 amide bonds. The molecule has 0 aromatic rings. The van der Waals surface area contributed by atoms with E-state index < -0.39 is 11.5 Å². The summed E-state index contributed by atoms with van der Waals surface area (Å²) in [6.07, 6.45) is 5.02. The molecule has 0 rings (SSSR count). The number of carbonyl (C=O) groups is 1. The van der Waals surface area contributed by atoms with Crippen molar-refractivity contribution >= 4 is 11.8 Å². The molecule has 0 heterocycles. The van der Waals surface area contributed by atoms with E-state index in [-0.39, 0.29) is 0 Å².